The van der Waals surface area contributed by atoms with Crippen LogP contribution in [0.25, 0.3) is 0 Å². The molecule has 0 bridgehead atoms. The molecule has 3 saturated heterocycles. The van der Waals surface area contributed by atoms with E-state index in [1.165, 1.54) is 29.5 Å². The normalized spacial score (nSPS) is 24.0. The number of carbonyl (C=O) groups is 2. The van der Waals surface area contributed by atoms with Gasteiger partial charge in [-0.1, -0.05) is 6.07 Å². The van der Waals surface area contributed by atoms with Crippen molar-refractivity contribution in [3.05, 3.63) is 96.6 Å². The molecule has 4 atom stereocenters. The fourth-order valence-corrected chi connectivity index (χ4v) is 8.58. The van der Waals surface area contributed by atoms with E-state index in [9.17, 15) is 18.4 Å². The summed E-state index contributed by atoms with van der Waals surface area (Å²) in [4.78, 5) is 36.8. The van der Waals surface area contributed by atoms with Gasteiger partial charge in [0, 0.05) is 60.9 Å². The lowest BCUT2D eigenvalue weighted by molar-refractivity contribution is -0.144. The maximum Gasteiger partial charge on any atom is 0.327 e. The number of rotatable bonds is 13. The van der Waals surface area contributed by atoms with Crippen LogP contribution in [0.15, 0.2) is 79.4 Å². The number of benzene rings is 3. The lowest BCUT2D eigenvalue weighted by Gasteiger charge is -2.37. The van der Waals surface area contributed by atoms with Crippen molar-refractivity contribution < 1.29 is 37.3 Å². The zero-order valence-corrected chi connectivity index (χ0v) is 33.1. The van der Waals surface area contributed by atoms with Crippen LogP contribution in [0.3, 0.4) is 0 Å². The maximum atomic E-state index is 15.0. The Morgan fingerprint density at radius 1 is 0.982 bits per heavy atom. The van der Waals surface area contributed by atoms with Gasteiger partial charge >= 0.3 is 12.0 Å². The van der Waals surface area contributed by atoms with Crippen LogP contribution < -0.4 is 19.4 Å². The quantitative estimate of drug-likeness (QED) is 0.129. The molecule has 7 rings (SSSR count). The predicted octanol–water partition coefficient (Wildman–Crippen LogP) is 5.72. The van der Waals surface area contributed by atoms with E-state index in [0.717, 1.165) is 43.6 Å². The standard InChI is InChI=1S/C39H45F2N7O6S2/c1-4-51-34(49)20-39(56)36(55)47(37(50)48(39)26(2)3)30-8-6-28(7-9-30)44-15-17-45(18-16-44)29-10-12-31(13-11-29)52-21-35-53-23-38(54-35,22-46-25-42-24-43-46)32-14-5-27(40)19-33(32)41/h5-14,19,24-26,35-36,55-56H,4,15-18,20-23H2,1-3H3/t35-,36?,38+,39?/m0/s1. The van der Waals surface area contributed by atoms with Crippen molar-refractivity contribution in [3.8, 4) is 5.75 Å². The van der Waals surface area contributed by atoms with Gasteiger partial charge in [0.05, 0.1) is 26.2 Å². The predicted molar refractivity (Wildman–Crippen MR) is 212 cm³/mol. The Bertz CT molecular complexity index is 1990. The van der Waals surface area contributed by atoms with E-state index >= 15 is 0 Å². The molecule has 13 nitrogen and oxygen atoms in total. The summed E-state index contributed by atoms with van der Waals surface area (Å²) in [6.45, 7) is 9.11. The molecular weight excluding hydrogens is 765 g/mol. The van der Waals surface area contributed by atoms with Crippen LogP contribution in [0, 0.1) is 11.6 Å². The number of anilines is 3. The van der Waals surface area contributed by atoms with Gasteiger partial charge in [-0.3, -0.25) is 9.69 Å². The molecule has 3 fully saturated rings. The molecule has 2 unspecified atom stereocenters. The topological polar surface area (TPSA) is 115 Å². The molecule has 0 radical (unpaired) electrons. The monoisotopic (exact) mass is 809 g/mol. The van der Waals surface area contributed by atoms with Crippen molar-refractivity contribution in [2.75, 3.05) is 60.7 Å². The van der Waals surface area contributed by atoms with Crippen molar-refractivity contribution in [1.29, 1.82) is 0 Å². The van der Waals surface area contributed by atoms with Gasteiger partial charge in [-0.2, -0.15) is 17.7 Å². The summed E-state index contributed by atoms with van der Waals surface area (Å²) in [6, 6.07) is 18.5. The van der Waals surface area contributed by atoms with Crippen LogP contribution in [0.2, 0.25) is 0 Å². The van der Waals surface area contributed by atoms with Gasteiger partial charge in [0.25, 0.3) is 0 Å². The van der Waals surface area contributed by atoms with Crippen LogP contribution in [0.4, 0.5) is 30.6 Å². The van der Waals surface area contributed by atoms with E-state index in [1.807, 2.05) is 62.4 Å². The number of urea groups is 1. The third kappa shape index (κ3) is 7.99. The van der Waals surface area contributed by atoms with Crippen molar-refractivity contribution in [2.24, 2.45) is 0 Å². The Kier molecular flexibility index (Phi) is 11.7. The van der Waals surface area contributed by atoms with E-state index < -0.39 is 39.7 Å². The van der Waals surface area contributed by atoms with Gasteiger partial charge in [0.15, 0.2) is 6.29 Å². The van der Waals surface area contributed by atoms with Crippen molar-refractivity contribution >= 4 is 54.3 Å². The SMILES string of the molecule is CCOC(=O)CC1(S)C(S)N(c2ccc(N3CCN(c4ccc(OC[C@H]5OC[C@](Cn6cncn6)(c6ccc(F)cc6F)O5)cc4)CC3)cc2)C(=O)N1C(C)C. The summed E-state index contributed by atoms with van der Waals surface area (Å²) in [5.74, 6) is -1.23. The highest BCUT2D eigenvalue weighted by molar-refractivity contribution is 7.86. The number of hydrogen-bond donors (Lipinski definition) is 2. The molecule has 0 spiro atoms. The number of esters is 1. The Morgan fingerprint density at radius 3 is 2.21 bits per heavy atom. The van der Waals surface area contributed by atoms with E-state index in [4.69, 9.17) is 44.2 Å². The first-order chi connectivity index (χ1) is 26.9. The molecule has 17 heteroatoms. The molecular formula is C39H45F2N7O6S2. The zero-order chi connectivity index (χ0) is 39.6. The first-order valence-electron chi connectivity index (χ1n) is 18.5. The Balaban J connectivity index is 0.927. The van der Waals surface area contributed by atoms with Crippen molar-refractivity contribution in [2.45, 2.75) is 61.9 Å². The molecule has 3 aliphatic heterocycles. The molecule has 1 aromatic heterocycles. The zero-order valence-electron chi connectivity index (χ0n) is 31.3. The van der Waals surface area contributed by atoms with Gasteiger partial charge in [-0.05, 0) is 75.4 Å². The Morgan fingerprint density at radius 2 is 1.62 bits per heavy atom. The van der Waals surface area contributed by atoms with Crippen LogP contribution in [-0.4, -0.2) is 100 Å². The molecule has 298 valence electrons. The number of piperazine rings is 1. The third-order valence-electron chi connectivity index (χ3n) is 10.2. The number of thiol groups is 2. The fraction of sp³-hybridized carbons (Fsp3) is 0.436. The van der Waals surface area contributed by atoms with Crippen LogP contribution in [0.1, 0.15) is 32.8 Å². The number of ether oxygens (including phenoxy) is 4. The average Bonchev–Trinajstić information content (AvgIpc) is 3.89. The minimum atomic E-state index is -1.25. The minimum absolute atomic E-state index is 0.0129. The van der Waals surface area contributed by atoms with Gasteiger partial charge in [0.1, 0.15) is 52.5 Å². The lowest BCUT2D eigenvalue weighted by atomic mass is 9.94. The van der Waals surface area contributed by atoms with Crippen LogP contribution >= 0.6 is 25.3 Å². The van der Waals surface area contributed by atoms with Crippen molar-refractivity contribution in [1.82, 2.24) is 19.7 Å². The smallest absolute Gasteiger partial charge is 0.327 e. The van der Waals surface area contributed by atoms with E-state index in [-0.39, 0.29) is 50.4 Å². The molecule has 0 aliphatic carbocycles. The lowest BCUT2D eigenvalue weighted by Crippen LogP contribution is -2.50. The second-order valence-electron chi connectivity index (χ2n) is 14.2. The summed E-state index contributed by atoms with van der Waals surface area (Å²) in [5, 5.41) is 3.45. The highest BCUT2D eigenvalue weighted by atomic mass is 32.1. The van der Waals surface area contributed by atoms with Gasteiger partial charge < -0.3 is 33.6 Å². The number of nitrogens with zero attached hydrogens (tertiary/aromatic N) is 7. The number of halogens is 2. The summed E-state index contributed by atoms with van der Waals surface area (Å²) in [7, 11) is 0. The molecule has 4 heterocycles. The van der Waals surface area contributed by atoms with Gasteiger partial charge in [0.2, 0.25) is 0 Å². The maximum absolute atomic E-state index is 15.0. The molecule has 56 heavy (non-hydrogen) atoms. The van der Waals surface area contributed by atoms with E-state index in [0.29, 0.717) is 11.4 Å². The van der Waals surface area contributed by atoms with Crippen LogP contribution in [-0.2, 0) is 31.2 Å². The summed E-state index contributed by atoms with van der Waals surface area (Å²) < 4.78 is 53.6. The molecule has 0 saturated carbocycles. The highest BCUT2D eigenvalue weighted by Gasteiger charge is 2.56. The summed E-state index contributed by atoms with van der Waals surface area (Å²) in [5.41, 5.74) is 1.67. The fourth-order valence-electron chi connectivity index (χ4n) is 7.58. The second kappa shape index (κ2) is 16.5. The van der Waals surface area contributed by atoms with Crippen LogP contribution in [0.5, 0.6) is 5.75 Å². The van der Waals surface area contributed by atoms with E-state index in [2.05, 4.69) is 19.9 Å². The molecule has 2 amide bonds. The Labute approximate surface area is 335 Å². The first-order valence-corrected chi connectivity index (χ1v) is 19.5. The molecule has 4 aromatic rings. The minimum Gasteiger partial charge on any atom is -0.488 e. The van der Waals surface area contributed by atoms with Crippen molar-refractivity contribution in [3.63, 3.8) is 0 Å². The number of amides is 2. The van der Waals surface area contributed by atoms with Gasteiger partial charge in [-0.15, -0.1) is 12.6 Å². The average molecular weight is 810 g/mol. The summed E-state index contributed by atoms with van der Waals surface area (Å²) in [6.07, 6.45) is 1.98. The van der Waals surface area contributed by atoms with Gasteiger partial charge in [-0.25, -0.2) is 23.2 Å². The third-order valence-corrected chi connectivity index (χ3v) is 11.7. The number of hydrogen-bond acceptors (Lipinski definition) is 12. The molecule has 3 aliphatic rings. The largest absolute Gasteiger partial charge is 0.488 e. The molecule has 0 N–H and O–H groups in total. The number of carbonyl (C=O) groups excluding carboxylic acids is 2. The second-order valence-corrected chi connectivity index (χ2v) is 15.5. The number of aromatic nitrogens is 3. The first kappa shape index (κ1) is 39.6. The molecule has 3 aromatic carbocycles. The highest BCUT2D eigenvalue weighted by Crippen LogP contribution is 2.45. The van der Waals surface area contributed by atoms with E-state index in [1.54, 1.807) is 16.7 Å². The Hall–Kier alpha value is -4.58. The summed E-state index contributed by atoms with van der Waals surface area (Å²) >= 11 is 9.66.